The second-order valence-electron chi connectivity index (χ2n) is 2.91. The molecular weight excluding hydrogens is 170 g/mol. The topological polar surface area (TPSA) is 70.2 Å². The number of rotatable bonds is 5. The fourth-order valence-electron chi connectivity index (χ4n) is 0.889. The number of amides is 2. The Balaban J connectivity index is 3.42. The van der Waals surface area contributed by atoms with Gasteiger partial charge in [0.15, 0.2) is 0 Å². The molecule has 0 rings (SSSR count). The summed E-state index contributed by atoms with van der Waals surface area (Å²) in [4.78, 5) is 21.3. The molecule has 1 atom stereocenters. The molecule has 5 heteroatoms. The van der Waals surface area contributed by atoms with Crippen molar-refractivity contribution in [1.82, 2.24) is 16.0 Å². The van der Waals surface area contributed by atoms with Crippen LogP contribution in [0.4, 0.5) is 0 Å². The molecule has 0 aliphatic carbocycles. The van der Waals surface area contributed by atoms with Crippen molar-refractivity contribution in [2.75, 3.05) is 20.1 Å². The van der Waals surface area contributed by atoms with E-state index in [0.29, 0.717) is 6.54 Å². The highest BCUT2D eigenvalue weighted by Gasteiger charge is 2.03. The number of carbonyl (C=O) groups excluding carboxylic acids is 2. The van der Waals surface area contributed by atoms with Crippen LogP contribution in [0.25, 0.3) is 0 Å². The zero-order valence-corrected chi connectivity index (χ0v) is 8.31. The average molecular weight is 187 g/mol. The molecule has 3 N–H and O–H groups in total. The van der Waals surface area contributed by atoms with Crippen molar-refractivity contribution >= 4 is 11.8 Å². The van der Waals surface area contributed by atoms with Crippen molar-refractivity contribution in [3.63, 3.8) is 0 Å². The molecule has 5 nitrogen and oxygen atoms in total. The smallest absolute Gasteiger partial charge is 0.233 e. The van der Waals surface area contributed by atoms with Gasteiger partial charge in [0.1, 0.15) is 0 Å². The first-order valence-electron chi connectivity index (χ1n) is 4.24. The van der Waals surface area contributed by atoms with Gasteiger partial charge in [-0.15, -0.1) is 0 Å². The normalized spacial score (nSPS) is 11.9. The van der Waals surface area contributed by atoms with Crippen molar-refractivity contribution in [3.05, 3.63) is 0 Å². The van der Waals surface area contributed by atoms with Crippen LogP contribution in [-0.2, 0) is 9.59 Å². The van der Waals surface area contributed by atoms with Crippen LogP contribution in [-0.4, -0.2) is 38.0 Å². The maximum absolute atomic E-state index is 10.8. The summed E-state index contributed by atoms with van der Waals surface area (Å²) in [6.07, 6.45) is 0. The molecule has 0 bridgehead atoms. The van der Waals surface area contributed by atoms with E-state index in [1.54, 1.807) is 7.05 Å². The van der Waals surface area contributed by atoms with E-state index in [2.05, 4.69) is 16.0 Å². The lowest BCUT2D eigenvalue weighted by atomic mass is 10.3. The SMILES string of the molecule is CNC(=O)CNC[C@@H](C)NC(C)=O. The van der Waals surface area contributed by atoms with Crippen LogP contribution in [0.5, 0.6) is 0 Å². The van der Waals surface area contributed by atoms with E-state index < -0.39 is 0 Å². The van der Waals surface area contributed by atoms with Crippen LogP contribution >= 0.6 is 0 Å². The van der Waals surface area contributed by atoms with Gasteiger partial charge in [-0.2, -0.15) is 0 Å². The number of hydrogen-bond acceptors (Lipinski definition) is 3. The minimum absolute atomic E-state index is 0.0437. The summed E-state index contributed by atoms with van der Waals surface area (Å²) in [7, 11) is 1.58. The van der Waals surface area contributed by atoms with Crippen LogP contribution < -0.4 is 16.0 Å². The van der Waals surface area contributed by atoms with E-state index in [1.165, 1.54) is 6.92 Å². The number of nitrogens with one attached hydrogen (secondary N) is 3. The first-order chi connectivity index (χ1) is 6.06. The fraction of sp³-hybridized carbons (Fsp3) is 0.750. The molecule has 76 valence electrons. The van der Waals surface area contributed by atoms with Gasteiger partial charge in [-0.05, 0) is 6.92 Å². The Kier molecular flexibility index (Phi) is 5.88. The van der Waals surface area contributed by atoms with E-state index in [0.717, 1.165) is 0 Å². The van der Waals surface area contributed by atoms with Crippen molar-refractivity contribution in [2.45, 2.75) is 19.9 Å². The molecule has 0 aromatic rings. The van der Waals surface area contributed by atoms with E-state index in [9.17, 15) is 9.59 Å². The second kappa shape index (κ2) is 6.42. The third kappa shape index (κ3) is 7.27. The Morgan fingerprint density at radius 1 is 1.38 bits per heavy atom. The average Bonchev–Trinajstić information content (AvgIpc) is 2.02. The first-order valence-corrected chi connectivity index (χ1v) is 4.24. The number of hydrogen-bond donors (Lipinski definition) is 3. The van der Waals surface area contributed by atoms with Crippen molar-refractivity contribution in [3.8, 4) is 0 Å². The Hall–Kier alpha value is -1.10. The van der Waals surface area contributed by atoms with E-state index in [-0.39, 0.29) is 24.4 Å². The van der Waals surface area contributed by atoms with Gasteiger partial charge in [0.05, 0.1) is 6.54 Å². The van der Waals surface area contributed by atoms with Crippen molar-refractivity contribution in [1.29, 1.82) is 0 Å². The highest BCUT2D eigenvalue weighted by atomic mass is 16.2. The van der Waals surface area contributed by atoms with E-state index >= 15 is 0 Å². The van der Waals surface area contributed by atoms with Crippen LogP contribution in [0.1, 0.15) is 13.8 Å². The van der Waals surface area contributed by atoms with Crippen molar-refractivity contribution in [2.24, 2.45) is 0 Å². The second-order valence-corrected chi connectivity index (χ2v) is 2.91. The Morgan fingerprint density at radius 2 is 2.00 bits per heavy atom. The molecule has 0 aliphatic heterocycles. The highest BCUT2D eigenvalue weighted by molar-refractivity contribution is 5.77. The molecule has 2 amide bonds. The molecule has 0 unspecified atom stereocenters. The van der Waals surface area contributed by atoms with E-state index in [4.69, 9.17) is 0 Å². The lowest BCUT2D eigenvalue weighted by Gasteiger charge is -2.12. The number of carbonyl (C=O) groups is 2. The zero-order chi connectivity index (χ0) is 10.3. The fourth-order valence-corrected chi connectivity index (χ4v) is 0.889. The molecule has 0 saturated heterocycles. The predicted octanol–water partition coefficient (Wildman–Crippen LogP) is -1.15. The van der Waals surface area contributed by atoms with Gasteiger partial charge in [0.2, 0.25) is 11.8 Å². The predicted molar refractivity (Wildman–Crippen MR) is 50.2 cm³/mol. The first kappa shape index (κ1) is 11.9. The van der Waals surface area contributed by atoms with Crippen LogP contribution in [0.3, 0.4) is 0 Å². The maximum Gasteiger partial charge on any atom is 0.233 e. The van der Waals surface area contributed by atoms with Gasteiger partial charge in [-0.25, -0.2) is 0 Å². The number of likely N-dealkylation sites (N-methyl/N-ethyl adjacent to an activating group) is 1. The van der Waals surface area contributed by atoms with E-state index in [1.807, 2.05) is 6.92 Å². The summed E-state index contributed by atoms with van der Waals surface area (Å²) >= 11 is 0. The molecule has 0 radical (unpaired) electrons. The molecule has 0 aromatic carbocycles. The van der Waals surface area contributed by atoms with Gasteiger partial charge in [0.25, 0.3) is 0 Å². The highest BCUT2D eigenvalue weighted by Crippen LogP contribution is 1.77. The van der Waals surface area contributed by atoms with Gasteiger partial charge in [-0.3, -0.25) is 9.59 Å². The van der Waals surface area contributed by atoms with Crippen LogP contribution in [0, 0.1) is 0 Å². The molecule has 13 heavy (non-hydrogen) atoms. The van der Waals surface area contributed by atoms with Gasteiger partial charge < -0.3 is 16.0 Å². The molecule has 0 saturated carbocycles. The lowest BCUT2D eigenvalue weighted by molar-refractivity contribution is -0.119. The summed E-state index contributed by atoms with van der Waals surface area (Å²) in [5.74, 6) is -0.121. The largest absolute Gasteiger partial charge is 0.358 e. The minimum Gasteiger partial charge on any atom is -0.358 e. The summed E-state index contributed by atoms with van der Waals surface area (Å²) in [5.41, 5.74) is 0. The lowest BCUT2D eigenvalue weighted by Crippen LogP contribution is -2.41. The standard InChI is InChI=1S/C8H17N3O2/c1-6(11-7(2)12)4-10-5-8(13)9-3/h6,10H,4-5H2,1-3H3,(H,9,13)(H,11,12)/t6-/m1/s1. The van der Waals surface area contributed by atoms with Crippen LogP contribution in [0.2, 0.25) is 0 Å². The summed E-state index contributed by atoms with van der Waals surface area (Å²) < 4.78 is 0. The molecule has 0 aromatic heterocycles. The van der Waals surface area contributed by atoms with Crippen LogP contribution in [0.15, 0.2) is 0 Å². The molecular formula is C8H17N3O2. The third-order valence-electron chi connectivity index (χ3n) is 1.46. The monoisotopic (exact) mass is 187 g/mol. The Labute approximate surface area is 78.3 Å². The quantitative estimate of drug-likeness (QED) is 0.509. The minimum atomic E-state index is -0.0609. The zero-order valence-electron chi connectivity index (χ0n) is 8.31. The summed E-state index contributed by atoms with van der Waals surface area (Å²) in [6.45, 7) is 4.21. The summed E-state index contributed by atoms with van der Waals surface area (Å²) in [5, 5.41) is 8.11. The Morgan fingerprint density at radius 3 is 2.46 bits per heavy atom. The third-order valence-corrected chi connectivity index (χ3v) is 1.46. The van der Waals surface area contributed by atoms with Crippen molar-refractivity contribution < 1.29 is 9.59 Å². The van der Waals surface area contributed by atoms with Gasteiger partial charge in [-0.1, -0.05) is 0 Å². The maximum atomic E-state index is 10.8. The van der Waals surface area contributed by atoms with Gasteiger partial charge in [0, 0.05) is 26.6 Å². The molecule has 0 fully saturated rings. The molecule has 0 spiro atoms. The summed E-state index contributed by atoms with van der Waals surface area (Å²) in [6, 6.07) is 0.0437. The Bertz CT molecular complexity index is 182. The molecule has 0 heterocycles. The van der Waals surface area contributed by atoms with Gasteiger partial charge >= 0.3 is 0 Å². The molecule has 0 aliphatic rings.